The van der Waals surface area contributed by atoms with Gasteiger partial charge in [-0.3, -0.25) is 27.5 Å². The van der Waals surface area contributed by atoms with Crippen molar-refractivity contribution in [3.05, 3.63) is 22.9 Å². The third kappa shape index (κ3) is 23.8. The Bertz CT molecular complexity index is 1500. The van der Waals surface area contributed by atoms with Crippen LogP contribution in [0.15, 0.2) is 17.2 Å². The summed E-state index contributed by atoms with van der Waals surface area (Å²) in [5.74, 6) is -1.25. The van der Waals surface area contributed by atoms with Gasteiger partial charge < -0.3 is 44.5 Å². The van der Waals surface area contributed by atoms with Gasteiger partial charge in [0.1, 0.15) is 24.9 Å². The van der Waals surface area contributed by atoms with Crippen molar-refractivity contribution in [3.8, 4) is 0 Å². The highest BCUT2D eigenvalue weighted by Gasteiger charge is 2.46. The third-order valence-electron chi connectivity index (χ3n) is 10.2. The fraction of sp³-hybridized carbons (Fsp3) is 0.850. The van der Waals surface area contributed by atoms with Gasteiger partial charge in [0.2, 0.25) is 0 Å². The Labute approximate surface area is 355 Å². The maximum Gasteiger partial charge on any atom is 0.478 e. The first-order valence-corrected chi connectivity index (χ1v) is 24.9. The van der Waals surface area contributed by atoms with Crippen molar-refractivity contribution in [2.75, 3.05) is 25.6 Å². The molecule has 4 N–H and O–H groups in total. The molecule has 1 fully saturated rings. The summed E-state index contributed by atoms with van der Waals surface area (Å²) in [4.78, 5) is 64.5. The lowest BCUT2D eigenvalue weighted by molar-refractivity contribution is -0.335. The summed E-state index contributed by atoms with van der Waals surface area (Å²) in [5, 5.41) is 21.1. The number of nitrogens with zero attached hydrogens (tertiary/aromatic N) is 2. The number of nitrogen functional groups attached to an aromatic ring is 1. The average molecular weight is 896 g/mol. The monoisotopic (exact) mass is 895 g/mol. The number of rotatable bonds is 36. The molecule has 1 aromatic rings. The zero-order chi connectivity index (χ0) is 44.2. The molecule has 0 bridgehead atoms. The number of hydrogen-bond acceptors (Lipinski definition) is 17. The van der Waals surface area contributed by atoms with Crippen molar-refractivity contribution in [2.45, 2.75) is 199 Å². The number of phosphoric ester groups is 1. The number of aliphatic hydroxyl groups excluding tert-OH is 2. The van der Waals surface area contributed by atoms with Crippen LogP contribution in [0.4, 0.5) is 5.69 Å². The van der Waals surface area contributed by atoms with Crippen molar-refractivity contribution in [1.82, 2.24) is 9.55 Å². The van der Waals surface area contributed by atoms with Gasteiger partial charge in [-0.25, -0.2) is 9.36 Å². The highest BCUT2D eigenvalue weighted by molar-refractivity contribution is 7.60. The molecule has 6 unspecified atom stereocenters. The Morgan fingerprint density at radius 1 is 0.767 bits per heavy atom. The largest absolute Gasteiger partial charge is 0.789 e. The molecule has 6 atom stereocenters. The molecule has 1 aliphatic rings. The van der Waals surface area contributed by atoms with Gasteiger partial charge in [-0.1, -0.05) is 142 Å². The molecule has 2 rings (SSSR count). The van der Waals surface area contributed by atoms with Gasteiger partial charge in [0.05, 0.1) is 32.9 Å². The molecule has 1 aliphatic heterocycles. The van der Waals surface area contributed by atoms with Crippen molar-refractivity contribution in [1.29, 1.82) is 0 Å². The van der Waals surface area contributed by atoms with E-state index in [-0.39, 0.29) is 18.5 Å². The first-order chi connectivity index (χ1) is 28.7. The number of anilines is 1. The van der Waals surface area contributed by atoms with Gasteiger partial charge in [0.15, 0.2) is 12.3 Å². The van der Waals surface area contributed by atoms with E-state index >= 15 is 0 Å². The molecule has 0 radical (unpaired) electrons. The van der Waals surface area contributed by atoms with E-state index in [4.69, 9.17) is 29.0 Å². The van der Waals surface area contributed by atoms with Gasteiger partial charge >= 0.3 is 25.5 Å². The molecule has 0 spiro atoms. The number of esters is 2. The minimum absolute atomic E-state index is 0.0211. The van der Waals surface area contributed by atoms with E-state index in [1.54, 1.807) is 0 Å². The molecule has 0 aromatic carbocycles. The van der Waals surface area contributed by atoms with E-state index in [9.17, 15) is 43.5 Å². The summed E-state index contributed by atoms with van der Waals surface area (Å²) in [6, 6.07) is 0. The van der Waals surface area contributed by atoms with Crippen molar-refractivity contribution in [3.63, 3.8) is 0 Å². The van der Waals surface area contributed by atoms with Crippen molar-refractivity contribution in [2.24, 2.45) is 0 Å². The number of phosphoric acid groups is 2. The average Bonchev–Trinajstić information content (AvgIpc) is 3.48. The number of aromatic nitrogens is 2. The third-order valence-corrected chi connectivity index (χ3v) is 12.7. The standard InChI is InChI=1S/C40H73N3O15P2/c1-3-5-7-9-11-13-15-17-19-21-23-25-35(44)53-29-33(56-36(45)26-24-22-20-18-16-14-12-10-8-6-4-2)30-54-60(52,58-59(49,50)51)55-31-34-37(46)38(47)39(57-34)43-28-32(41)27-42-40(43)48/h27-28,33-34,37-39,46-47H,3-26,29-31,41H2,1-2H3,(H2,49,50,51)/p-2. The lowest BCUT2D eigenvalue weighted by atomic mass is 10.1. The van der Waals surface area contributed by atoms with E-state index in [2.05, 4.69) is 23.1 Å². The summed E-state index contributed by atoms with van der Waals surface area (Å²) in [6.45, 7) is 1.96. The number of nitrogens with two attached hydrogens (primary N) is 1. The lowest BCUT2D eigenvalue weighted by Gasteiger charge is -2.32. The second-order valence-electron chi connectivity index (χ2n) is 15.6. The summed E-state index contributed by atoms with van der Waals surface area (Å²) in [6.07, 6.45) is 18.1. The molecule has 18 nitrogen and oxygen atoms in total. The zero-order valence-corrected chi connectivity index (χ0v) is 37.5. The Balaban J connectivity index is 1.96. The van der Waals surface area contributed by atoms with Gasteiger partial charge in [-0.2, -0.15) is 4.98 Å². The van der Waals surface area contributed by atoms with E-state index in [0.29, 0.717) is 12.8 Å². The topological polar surface area (TPSA) is 271 Å². The first-order valence-electron chi connectivity index (χ1n) is 22.0. The quantitative estimate of drug-likeness (QED) is 0.0379. The zero-order valence-electron chi connectivity index (χ0n) is 35.7. The Kier molecular flexibility index (Phi) is 27.6. The number of carbonyl (C=O) groups excluding carboxylic acids is 2. The van der Waals surface area contributed by atoms with Crippen LogP contribution in [-0.2, 0) is 46.3 Å². The SMILES string of the molecule is CCCCCCCCCCCCCC(=O)OCC(COP(=O)(OCC1OC(n2cc(N)cnc2=O)C(O)C1O)OP(=O)([O-])[O-])OC(=O)CCCCCCCCCCCCC. The number of unbranched alkanes of at least 4 members (excludes halogenated alkanes) is 20. The molecule has 20 heteroatoms. The van der Waals surface area contributed by atoms with E-state index in [1.807, 2.05) is 0 Å². The van der Waals surface area contributed by atoms with Crippen LogP contribution in [0.5, 0.6) is 0 Å². The summed E-state index contributed by atoms with van der Waals surface area (Å²) in [7, 11) is -11.4. The molecular weight excluding hydrogens is 824 g/mol. The Morgan fingerprint density at radius 3 is 1.75 bits per heavy atom. The highest BCUT2D eigenvalue weighted by Crippen LogP contribution is 2.58. The summed E-state index contributed by atoms with van der Waals surface area (Å²) < 4.78 is 56.6. The van der Waals surface area contributed by atoms with Gasteiger partial charge in [0.25, 0.3) is 0 Å². The predicted molar refractivity (Wildman–Crippen MR) is 220 cm³/mol. The van der Waals surface area contributed by atoms with Crippen LogP contribution in [0.1, 0.15) is 174 Å². The maximum absolute atomic E-state index is 13.5. The first kappa shape index (κ1) is 53.9. The van der Waals surface area contributed by atoms with E-state index in [0.717, 1.165) is 68.3 Å². The molecule has 348 valence electrons. The second-order valence-corrected chi connectivity index (χ2v) is 18.5. The highest BCUT2D eigenvalue weighted by atomic mass is 31.3. The maximum atomic E-state index is 13.5. The van der Waals surface area contributed by atoms with Crippen LogP contribution < -0.4 is 21.2 Å². The molecule has 2 heterocycles. The second kappa shape index (κ2) is 30.7. The number of hydrogen-bond donors (Lipinski definition) is 3. The van der Waals surface area contributed by atoms with Crippen molar-refractivity contribution < 1.29 is 66.3 Å². The smallest absolute Gasteiger partial charge is 0.478 e. The van der Waals surface area contributed by atoms with E-state index < -0.39 is 83.7 Å². The van der Waals surface area contributed by atoms with Crippen LogP contribution >= 0.6 is 15.6 Å². The molecular formula is C40H71N3O15P2-2. The summed E-state index contributed by atoms with van der Waals surface area (Å²) >= 11 is 0. The minimum Gasteiger partial charge on any atom is -0.789 e. The van der Waals surface area contributed by atoms with Crippen LogP contribution in [0.2, 0.25) is 0 Å². The van der Waals surface area contributed by atoms with Gasteiger partial charge in [-0.05, 0) is 12.8 Å². The molecule has 0 aliphatic carbocycles. The Hall–Kier alpha value is -2.24. The van der Waals surface area contributed by atoms with Crippen LogP contribution in [0.25, 0.3) is 0 Å². The van der Waals surface area contributed by atoms with Crippen molar-refractivity contribution >= 4 is 33.3 Å². The number of ether oxygens (including phenoxy) is 3. The lowest BCUT2D eigenvalue weighted by Crippen LogP contribution is -2.36. The minimum atomic E-state index is -6.06. The molecule has 0 saturated carbocycles. The van der Waals surface area contributed by atoms with Crippen LogP contribution in [-0.4, -0.2) is 75.9 Å². The number of carbonyl (C=O) groups is 2. The fourth-order valence-corrected chi connectivity index (χ4v) is 8.87. The summed E-state index contributed by atoms with van der Waals surface area (Å²) in [5.41, 5.74) is 4.81. The number of aliphatic hydroxyl groups is 2. The van der Waals surface area contributed by atoms with Crippen LogP contribution in [0, 0.1) is 0 Å². The molecule has 1 aromatic heterocycles. The van der Waals surface area contributed by atoms with Gasteiger partial charge in [0, 0.05) is 19.0 Å². The van der Waals surface area contributed by atoms with E-state index in [1.165, 1.54) is 77.0 Å². The van der Waals surface area contributed by atoms with Crippen LogP contribution in [0.3, 0.4) is 0 Å². The van der Waals surface area contributed by atoms with Gasteiger partial charge in [-0.15, -0.1) is 0 Å². The normalized spacial score (nSPS) is 19.6. The molecule has 60 heavy (non-hydrogen) atoms. The predicted octanol–water partition coefficient (Wildman–Crippen LogP) is 6.29. The molecule has 1 saturated heterocycles. The molecule has 0 amide bonds. The fourth-order valence-electron chi connectivity index (χ4n) is 6.76. The Morgan fingerprint density at radius 2 is 1.25 bits per heavy atom.